The van der Waals surface area contributed by atoms with Gasteiger partial charge < -0.3 is 10.1 Å². The fourth-order valence-corrected chi connectivity index (χ4v) is 1.68. The maximum atomic E-state index is 11.5. The van der Waals surface area contributed by atoms with Gasteiger partial charge in [0.25, 0.3) is 5.91 Å². The van der Waals surface area contributed by atoms with E-state index >= 15 is 0 Å². The van der Waals surface area contributed by atoms with Gasteiger partial charge in [-0.2, -0.15) is 0 Å². The number of rotatable bonds is 8. The maximum Gasteiger partial charge on any atom is 0.331 e. The first kappa shape index (κ1) is 17.0. The molecule has 0 bridgehead atoms. The lowest BCUT2D eigenvalue weighted by Gasteiger charge is -2.04. The third-order valence-electron chi connectivity index (χ3n) is 2.94. The number of benzene rings is 1. The highest BCUT2D eigenvalue weighted by Crippen LogP contribution is 2.04. The quantitative estimate of drug-likeness (QED) is 0.455. The number of ether oxygens (including phenoxy) is 1. The second kappa shape index (κ2) is 9.75. The number of nitrogens with one attached hydrogen (secondary N) is 1. The average molecular weight is 289 g/mol. The summed E-state index contributed by atoms with van der Waals surface area (Å²) >= 11 is 0. The molecule has 0 spiro atoms. The van der Waals surface area contributed by atoms with Gasteiger partial charge in [0.2, 0.25) is 0 Å². The van der Waals surface area contributed by atoms with Crippen LogP contribution in [0.15, 0.2) is 30.3 Å². The fraction of sp³-hybridized carbons (Fsp3) is 0.412. The van der Waals surface area contributed by atoms with E-state index in [0.717, 1.165) is 30.4 Å². The fourth-order valence-electron chi connectivity index (χ4n) is 1.68. The summed E-state index contributed by atoms with van der Waals surface area (Å²) in [5, 5.41) is 2.71. The summed E-state index contributed by atoms with van der Waals surface area (Å²) in [5.41, 5.74) is 2.08. The lowest BCUT2D eigenvalue weighted by Crippen LogP contribution is -2.29. The minimum absolute atomic E-state index is 0.233. The summed E-state index contributed by atoms with van der Waals surface area (Å²) in [5.74, 6) is -0.775. The van der Waals surface area contributed by atoms with Crippen molar-refractivity contribution in [3.05, 3.63) is 41.5 Å². The Hall–Kier alpha value is -2.10. The number of carbonyl (C=O) groups is 2. The Morgan fingerprint density at radius 1 is 1.19 bits per heavy atom. The van der Waals surface area contributed by atoms with E-state index in [1.807, 2.05) is 31.2 Å². The van der Waals surface area contributed by atoms with E-state index in [9.17, 15) is 9.59 Å². The molecule has 1 aromatic rings. The monoisotopic (exact) mass is 289 g/mol. The van der Waals surface area contributed by atoms with Gasteiger partial charge in [0.15, 0.2) is 6.61 Å². The molecule has 1 amide bonds. The smallest absolute Gasteiger partial charge is 0.331 e. The Morgan fingerprint density at radius 3 is 2.57 bits per heavy atom. The molecule has 114 valence electrons. The number of hydrogen-bond donors (Lipinski definition) is 1. The molecule has 0 unspecified atom stereocenters. The zero-order valence-corrected chi connectivity index (χ0v) is 12.7. The molecule has 1 N–H and O–H groups in total. The molecule has 0 aliphatic heterocycles. The third kappa shape index (κ3) is 7.92. The van der Waals surface area contributed by atoms with Gasteiger partial charge in [-0.1, -0.05) is 49.6 Å². The molecule has 0 saturated heterocycles. The molecule has 0 heterocycles. The van der Waals surface area contributed by atoms with Crippen LogP contribution >= 0.6 is 0 Å². The van der Waals surface area contributed by atoms with E-state index in [1.54, 1.807) is 6.08 Å². The SMILES string of the molecule is CCCCCNC(=O)COC(=O)/C=C/c1ccc(C)cc1. The molecule has 4 nitrogen and oxygen atoms in total. The Balaban J connectivity index is 2.24. The number of unbranched alkanes of at least 4 members (excludes halogenated alkanes) is 2. The molecule has 0 saturated carbocycles. The first-order valence-corrected chi connectivity index (χ1v) is 7.30. The van der Waals surface area contributed by atoms with Crippen LogP contribution in [0.5, 0.6) is 0 Å². The zero-order chi connectivity index (χ0) is 15.5. The van der Waals surface area contributed by atoms with E-state index in [2.05, 4.69) is 12.2 Å². The number of aryl methyl sites for hydroxylation is 1. The van der Waals surface area contributed by atoms with Gasteiger partial charge in [0, 0.05) is 12.6 Å². The summed E-state index contributed by atoms with van der Waals surface area (Å²) < 4.78 is 4.87. The minimum Gasteiger partial charge on any atom is -0.452 e. The second-order valence-corrected chi connectivity index (χ2v) is 4.91. The Morgan fingerprint density at radius 2 is 1.90 bits per heavy atom. The standard InChI is InChI=1S/C17H23NO3/c1-3-4-5-12-18-16(19)13-21-17(20)11-10-15-8-6-14(2)7-9-15/h6-11H,3-5,12-13H2,1-2H3,(H,18,19)/b11-10+. The molecule has 21 heavy (non-hydrogen) atoms. The lowest BCUT2D eigenvalue weighted by atomic mass is 10.1. The van der Waals surface area contributed by atoms with E-state index in [-0.39, 0.29) is 12.5 Å². The molecule has 0 atom stereocenters. The highest BCUT2D eigenvalue weighted by atomic mass is 16.5. The van der Waals surface area contributed by atoms with Gasteiger partial charge in [-0.15, -0.1) is 0 Å². The predicted octanol–water partition coefficient (Wildman–Crippen LogP) is 2.86. The van der Waals surface area contributed by atoms with Crippen LogP contribution < -0.4 is 5.32 Å². The van der Waals surface area contributed by atoms with Crippen molar-refractivity contribution in [2.24, 2.45) is 0 Å². The van der Waals surface area contributed by atoms with Crippen LogP contribution in [0.3, 0.4) is 0 Å². The van der Waals surface area contributed by atoms with Gasteiger partial charge in [0.1, 0.15) is 0 Å². The van der Waals surface area contributed by atoms with E-state index < -0.39 is 5.97 Å². The van der Waals surface area contributed by atoms with Crippen molar-refractivity contribution in [1.29, 1.82) is 0 Å². The van der Waals surface area contributed by atoms with Crippen LogP contribution in [-0.4, -0.2) is 25.0 Å². The number of hydrogen-bond acceptors (Lipinski definition) is 3. The molecule has 1 rings (SSSR count). The van der Waals surface area contributed by atoms with Crippen LogP contribution in [0, 0.1) is 6.92 Å². The molecule has 0 aromatic heterocycles. The molecular weight excluding hydrogens is 266 g/mol. The van der Waals surface area contributed by atoms with Gasteiger partial charge in [-0.3, -0.25) is 4.79 Å². The number of esters is 1. The first-order valence-electron chi connectivity index (χ1n) is 7.30. The van der Waals surface area contributed by atoms with Crippen molar-refractivity contribution in [3.8, 4) is 0 Å². The van der Waals surface area contributed by atoms with Crippen LogP contribution in [0.25, 0.3) is 6.08 Å². The summed E-state index contributed by atoms with van der Waals surface area (Å²) in [6.45, 7) is 4.50. The predicted molar refractivity (Wildman–Crippen MR) is 83.7 cm³/mol. The molecule has 0 aliphatic rings. The largest absolute Gasteiger partial charge is 0.452 e. The molecular formula is C17H23NO3. The highest BCUT2D eigenvalue weighted by molar-refractivity contribution is 5.89. The third-order valence-corrected chi connectivity index (χ3v) is 2.94. The summed E-state index contributed by atoms with van der Waals surface area (Å²) in [6.07, 6.45) is 6.13. The normalized spacial score (nSPS) is 10.6. The van der Waals surface area contributed by atoms with Crippen molar-refractivity contribution < 1.29 is 14.3 Å². The van der Waals surface area contributed by atoms with E-state index in [4.69, 9.17) is 4.74 Å². The Labute approximate surface area is 126 Å². The van der Waals surface area contributed by atoms with Gasteiger partial charge in [-0.25, -0.2) is 4.79 Å². The molecule has 0 fully saturated rings. The van der Waals surface area contributed by atoms with Crippen LogP contribution in [0.1, 0.15) is 37.3 Å². The van der Waals surface area contributed by atoms with Crippen molar-refractivity contribution >= 4 is 18.0 Å². The highest BCUT2D eigenvalue weighted by Gasteiger charge is 2.03. The summed E-state index contributed by atoms with van der Waals surface area (Å²) in [7, 11) is 0. The molecule has 0 radical (unpaired) electrons. The first-order chi connectivity index (χ1) is 10.1. The summed E-state index contributed by atoms with van der Waals surface area (Å²) in [4.78, 5) is 22.9. The Kier molecular flexibility index (Phi) is 7.87. The second-order valence-electron chi connectivity index (χ2n) is 4.91. The van der Waals surface area contributed by atoms with Crippen molar-refractivity contribution in [2.75, 3.05) is 13.2 Å². The van der Waals surface area contributed by atoms with E-state index in [1.165, 1.54) is 6.08 Å². The van der Waals surface area contributed by atoms with Crippen molar-refractivity contribution in [2.45, 2.75) is 33.1 Å². The van der Waals surface area contributed by atoms with Gasteiger partial charge in [0.05, 0.1) is 0 Å². The van der Waals surface area contributed by atoms with Gasteiger partial charge in [-0.05, 0) is 25.0 Å². The van der Waals surface area contributed by atoms with Crippen LogP contribution in [0.2, 0.25) is 0 Å². The topological polar surface area (TPSA) is 55.4 Å². The minimum atomic E-state index is -0.515. The molecule has 4 heteroatoms. The summed E-state index contributed by atoms with van der Waals surface area (Å²) in [6, 6.07) is 7.77. The number of amides is 1. The molecule has 1 aromatic carbocycles. The zero-order valence-electron chi connectivity index (χ0n) is 12.7. The van der Waals surface area contributed by atoms with Gasteiger partial charge >= 0.3 is 5.97 Å². The average Bonchev–Trinajstić information content (AvgIpc) is 2.49. The van der Waals surface area contributed by atoms with Crippen molar-refractivity contribution in [3.63, 3.8) is 0 Å². The van der Waals surface area contributed by atoms with E-state index in [0.29, 0.717) is 6.54 Å². The van der Waals surface area contributed by atoms with Crippen LogP contribution in [0.4, 0.5) is 0 Å². The Bertz CT molecular complexity index is 477. The molecule has 0 aliphatic carbocycles. The lowest BCUT2D eigenvalue weighted by molar-refractivity contribution is -0.143. The number of carbonyl (C=O) groups excluding carboxylic acids is 2. The van der Waals surface area contributed by atoms with Crippen molar-refractivity contribution in [1.82, 2.24) is 5.32 Å². The maximum absolute atomic E-state index is 11.5. The van der Waals surface area contributed by atoms with Crippen LogP contribution in [-0.2, 0) is 14.3 Å².